The lowest BCUT2D eigenvalue weighted by Crippen LogP contribution is -2.40. The molecule has 0 aliphatic carbocycles. The zero-order valence-electron chi connectivity index (χ0n) is 39.2. The molecule has 0 aliphatic rings. The number of fused-ring (bicyclic) bond motifs is 2. The summed E-state index contributed by atoms with van der Waals surface area (Å²) in [4.78, 5) is 81.6. The smallest absolute Gasteiger partial charge is 0.433 e. The molecule has 0 saturated heterocycles. The van der Waals surface area contributed by atoms with Crippen LogP contribution in [0, 0.1) is 13.8 Å². The molecule has 8 rings (SSSR count). The van der Waals surface area contributed by atoms with Gasteiger partial charge < -0.3 is 14.6 Å². The Kier molecular flexibility index (Phi) is 16.7. The number of unbranched alkanes of at least 4 members (excludes halogenated alkanes) is 2. The van der Waals surface area contributed by atoms with E-state index in [1.54, 1.807) is 56.8 Å². The first-order chi connectivity index (χ1) is 33.5. The number of nitrogens with zero attached hydrogens (tertiary/aromatic N) is 9. The van der Waals surface area contributed by atoms with Crippen LogP contribution in [0.4, 0.5) is 13.2 Å². The van der Waals surface area contributed by atoms with E-state index >= 15 is 0 Å². The maximum Gasteiger partial charge on any atom is 0.433 e. The number of aryl methyl sites for hydroxylation is 4. The van der Waals surface area contributed by atoms with Crippen molar-refractivity contribution in [2.45, 2.75) is 78.7 Å². The van der Waals surface area contributed by atoms with E-state index in [0.717, 1.165) is 65.1 Å². The maximum atomic E-state index is 13.6. The molecule has 1 unspecified atom stereocenters. The van der Waals surface area contributed by atoms with Crippen molar-refractivity contribution in [2.75, 3.05) is 0 Å². The van der Waals surface area contributed by atoms with Gasteiger partial charge in [0.05, 0.1) is 35.6 Å². The lowest BCUT2D eigenvalue weighted by Gasteiger charge is -2.20. The Morgan fingerprint density at radius 3 is 1.76 bits per heavy atom. The van der Waals surface area contributed by atoms with Crippen LogP contribution < -0.4 is 32.0 Å². The largest absolute Gasteiger partial charge is 0.454 e. The van der Waals surface area contributed by atoms with Gasteiger partial charge in [0.15, 0.2) is 5.75 Å². The van der Waals surface area contributed by atoms with Crippen molar-refractivity contribution in [1.82, 2.24) is 43.2 Å². The van der Waals surface area contributed by atoms with E-state index < -0.39 is 29.2 Å². The molecule has 0 spiro atoms. The van der Waals surface area contributed by atoms with Crippen LogP contribution in [0.1, 0.15) is 83.9 Å². The summed E-state index contributed by atoms with van der Waals surface area (Å²) >= 11 is 0. The highest BCUT2D eigenvalue weighted by molar-refractivity contribution is 5.82. The molecule has 70 heavy (non-hydrogen) atoms. The van der Waals surface area contributed by atoms with Crippen molar-refractivity contribution in [3.63, 3.8) is 0 Å². The number of pyridine rings is 5. The number of aldehydes is 1. The standard InChI is InChI=1S/C25H24F3N5O4.C18H20N4O3.C7H6O/c1-4-5-8-33-23(35)20-19(21(34)15-6-7-18(30-11-15)25(26,27)28)17(13-31-22(20)32(3)24(33)36)37-16-9-14(2)10-29-12-16;1-4-5-6-22-17(23)15-8-14(11-20-16(15)21(3)18(22)24)25-13-7-12(2)9-19-10-13;8-6-7-4-2-1-3-5-7/h6-7,9-13,21,34H,4-5,8H2,1-3H3;7-11H,4-6H2,1-3H3;1-6H. The Bertz CT molecular complexity index is 3370. The van der Waals surface area contributed by atoms with Crippen LogP contribution in [0.25, 0.3) is 22.1 Å². The first-order valence-corrected chi connectivity index (χ1v) is 22.1. The lowest BCUT2D eigenvalue weighted by atomic mass is 9.99. The minimum absolute atomic E-state index is 0.00798. The summed E-state index contributed by atoms with van der Waals surface area (Å²) in [6.07, 6.45) is 7.47. The second kappa shape index (κ2) is 22.8. The minimum Gasteiger partial charge on any atom is -0.454 e. The third-order valence-corrected chi connectivity index (χ3v) is 10.7. The van der Waals surface area contributed by atoms with Gasteiger partial charge in [-0.3, -0.25) is 47.6 Å². The lowest BCUT2D eigenvalue weighted by molar-refractivity contribution is -0.141. The number of halogens is 3. The molecule has 0 bridgehead atoms. The first kappa shape index (κ1) is 51.3. The minimum atomic E-state index is -4.66. The number of ether oxygens (including phenoxy) is 2. The summed E-state index contributed by atoms with van der Waals surface area (Å²) < 4.78 is 55.7. The average Bonchev–Trinajstić information content (AvgIpc) is 3.35. The van der Waals surface area contributed by atoms with Crippen molar-refractivity contribution in [3.8, 4) is 23.0 Å². The van der Waals surface area contributed by atoms with Gasteiger partial charge in [0.2, 0.25) is 0 Å². The van der Waals surface area contributed by atoms with Gasteiger partial charge in [-0.15, -0.1) is 0 Å². The Balaban J connectivity index is 0.000000208. The van der Waals surface area contributed by atoms with Crippen molar-refractivity contribution in [3.05, 3.63) is 179 Å². The SMILES string of the molecule is CCCCn1c(=O)c2c(C(O)c3ccc(C(F)(F)F)nc3)c(Oc3cncc(C)c3)cnc2n(C)c1=O.CCCCn1c(=O)c2cc(Oc3cncc(C)c3)cnc2n(C)c1=O.O=Cc1ccccc1. The Hall–Kier alpha value is -8.13. The molecule has 8 aromatic rings. The molecule has 17 nitrogen and oxygen atoms in total. The molecule has 0 amide bonds. The molecule has 0 saturated carbocycles. The summed E-state index contributed by atoms with van der Waals surface area (Å²) in [5, 5.41) is 11.6. The number of aromatic nitrogens is 9. The van der Waals surface area contributed by atoms with E-state index in [-0.39, 0.29) is 51.5 Å². The number of carbonyl (C=O) groups excluding carboxylic acids is 1. The number of alkyl halides is 3. The van der Waals surface area contributed by atoms with Gasteiger partial charge in [-0.2, -0.15) is 13.2 Å². The van der Waals surface area contributed by atoms with E-state index in [4.69, 9.17) is 9.47 Å². The second-order valence-electron chi connectivity index (χ2n) is 16.1. The number of hydrogen-bond donors (Lipinski definition) is 1. The summed E-state index contributed by atoms with van der Waals surface area (Å²) in [6, 6.07) is 16.0. The van der Waals surface area contributed by atoms with E-state index in [9.17, 15) is 42.3 Å². The third kappa shape index (κ3) is 11.9. The molecule has 0 aliphatic heterocycles. The van der Waals surface area contributed by atoms with Crippen molar-refractivity contribution in [1.29, 1.82) is 0 Å². The Morgan fingerprint density at radius 2 is 1.23 bits per heavy atom. The second-order valence-corrected chi connectivity index (χ2v) is 16.1. The van der Waals surface area contributed by atoms with Gasteiger partial charge >= 0.3 is 17.6 Å². The Morgan fingerprint density at radius 1 is 0.671 bits per heavy atom. The van der Waals surface area contributed by atoms with E-state index in [2.05, 4.69) is 24.9 Å². The zero-order valence-corrected chi connectivity index (χ0v) is 39.2. The van der Waals surface area contributed by atoms with E-state index in [1.807, 2.05) is 45.0 Å². The zero-order chi connectivity index (χ0) is 50.7. The summed E-state index contributed by atoms with van der Waals surface area (Å²) in [5.41, 5.74) is -0.347. The number of carbonyl (C=O) groups is 1. The van der Waals surface area contributed by atoms with Crippen LogP contribution in [0.3, 0.4) is 0 Å². The molecular weight excluding hydrogens is 912 g/mol. The van der Waals surface area contributed by atoms with Crippen LogP contribution >= 0.6 is 0 Å². The fourth-order valence-corrected chi connectivity index (χ4v) is 7.12. The summed E-state index contributed by atoms with van der Waals surface area (Å²) in [6.45, 7) is 8.17. The monoisotopic (exact) mass is 961 g/mol. The molecule has 0 fully saturated rings. The fraction of sp³-hybridized carbons (Fsp3) is 0.280. The number of rotatable bonds is 13. The van der Waals surface area contributed by atoms with Crippen LogP contribution in [0.2, 0.25) is 0 Å². The number of benzene rings is 1. The predicted octanol–water partition coefficient (Wildman–Crippen LogP) is 7.78. The van der Waals surface area contributed by atoms with Crippen LogP contribution in [-0.4, -0.2) is 54.6 Å². The van der Waals surface area contributed by atoms with Gasteiger partial charge in [-0.05, 0) is 62.1 Å². The van der Waals surface area contributed by atoms with Gasteiger partial charge in [0.1, 0.15) is 46.6 Å². The first-order valence-electron chi connectivity index (χ1n) is 22.1. The average molecular weight is 962 g/mol. The van der Waals surface area contributed by atoms with Crippen molar-refractivity contribution < 1.29 is 32.5 Å². The molecule has 364 valence electrons. The topological polar surface area (TPSA) is 208 Å². The number of aliphatic hydroxyl groups is 1. The molecular formula is C50H50F3N9O8. The van der Waals surface area contributed by atoms with Gasteiger partial charge in [-0.25, -0.2) is 19.6 Å². The maximum absolute atomic E-state index is 13.6. The van der Waals surface area contributed by atoms with Crippen LogP contribution in [0.15, 0.2) is 123 Å². The molecule has 1 N–H and O–H groups in total. The van der Waals surface area contributed by atoms with E-state index in [0.29, 0.717) is 35.5 Å². The van der Waals surface area contributed by atoms with Crippen molar-refractivity contribution in [2.24, 2.45) is 14.1 Å². The Labute approximate surface area is 398 Å². The number of hydrogen-bond acceptors (Lipinski definition) is 13. The molecule has 7 heterocycles. The van der Waals surface area contributed by atoms with E-state index in [1.165, 1.54) is 39.3 Å². The summed E-state index contributed by atoms with van der Waals surface area (Å²) in [7, 11) is 3.06. The normalized spacial score (nSPS) is 11.6. The summed E-state index contributed by atoms with van der Waals surface area (Å²) in [5.74, 6) is 1.26. The van der Waals surface area contributed by atoms with Crippen LogP contribution in [-0.2, 0) is 33.4 Å². The number of aliphatic hydroxyl groups excluding tert-OH is 1. The van der Waals surface area contributed by atoms with Gasteiger partial charge in [0, 0.05) is 62.5 Å². The predicted molar refractivity (Wildman–Crippen MR) is 256 cm³/mol. The highest BCUT2D eigenvalue weighted by atomic mass is 19.4. The molecule has 7 aromatic heterocycles. The quantitative estimate of drug-likeness (QED) is 0.110. The molecule has 1 aromatic carbocycles. The fourth-order valence-electron chi connectivity index (χ4n) is 7.12. The third-order valence-electron chi connectivity index (χ3n) is 10.7. The van der Waals surface area contributed by atoms with Gasteiger partial charge in [0.25, 0.3) is 11.1 Å². The van der Waals surface area contributed by atoms with Gasteiger partial charge in [-0.1, -0.05) is 63.1 Å². The van der Waals surface area contributed by atoms with Crippen LogP contribution in [0.5, 0.6) is 23.0 Å². The highest BCUT2D eigenvalue weighted by Gasteiger charge is 2.33. The molecule has 20 heteroatoms. The highest BCUT2D eigenvalue weighted by Crippen LogP contribution is 2.37. The van der Waals surface area contributed by atoms with Crippen molar-refractivity contribution >= 4 is 28.4 Å². The molecule has 0 radical (unpaired) electrons. The molecule has 1 atom stereocenters.